The van der Waals surface area contributed by atoms with Crippen molar-refractivity contribution < 1.29 is 18.7 Å². The molecule has 0 bridgehead atoms. The molecular weight excluding hydrogens is 414 g/mol. The monoisotopic (exact) mass is 435 g/mol. The number of thiazole rings is 1. The average molecular weight is 436 g/mol. The molecule has 158 valence electrons. The van der Waals surface area contributed by atoms with Crippen LogP contribution in [0.4, 0.5) is 10.8 Å². The van der Waals surface area contributed by atoms with Crippen LogP contribution in [0, 0.1) is 0 Å². The van der Waals surface area contributed by atoms with Gasteiger partial charge in [-0.2, -0.15) is 0 Å². The van der Waals surface area contributed by atoms with Crippen molar-refractivity contribution in [3.8, 4) is 5.75 Å². The third-order valence-corrected chi connectivity index (χ3v) is 5.55. The van der Waals surface area contributed by atoms with Gasteiger partial charge in [-0.15, -0.1) is 0 Å². The minimum Gasteiger partial charge on any atom is -0.491 e. The zero-order valence-electron chi connectivity index (χ0n) is 17.0. The molecule has 2 aromatic carbocycles. The molecule has 0 spiro atoms. The summed E-state index contributed by atoms with van der Waals surface area (Å²) < 4.78 is 11.7. The molecule has 0 aliphatic heterocycles. The van der Waals surface area contributed by atoms with E-state index in [1.165, 1.54) is 17.6 Å². The Labute approximate surface area is 183 Å². The number of rotatable bonds is 7. The Morgan fingerprint density at radius 2 is 1.97 bits per heavy atom. The van der Waals surface area contributed by atoms with Crippen LogP contribution in [-0.2, 0) is 0 Å². The lowest BCUT2D eigenvalue weighted by molar-refractivity contribution is 0.0994. The topological polar surface area (TPSA) is 93.5 Å². The van der Waals surface area contributed by atoms with Crippen LogP contribution in [0.25, 0.3) is 10.2 Å². The van der Waals surface area contributed by atoms with Gasteiger partial charge in [0.1, 0.15) is 5.75 Å². The first-order valence-corrected chi connectivity index (χ1v) is 10.7. The van der Waals surface area contributed by atoms with E-state index in [4.69, 9.17) is 9.15 Å². The largest absolute Gasteiger partial charge is 0.491 e. The lowest BCUT2D eigenvalue weighted by Crippen LogP contribution is -2.13. The number of furan rings is 1. The van der Waals surface area contributed by atoms with Crippen LogP contribution < -0.4 is 15.4 Å². The van der Waals surface area contributed by atoms with E-state index >= 15 is 0 Å². The van der Waals surface area contributed by atoms with Gasteiger partial charge in [-0.05, 0) is 61.9 Å². The Hall–Kier alpha value is -3.65. The van der Waals surface area contributed by atoms with Crippen molar-refractivity contribution in [3.05, 3.63) is 72.2 Å². The Kier molecular flexibility index (Phi) is 5.99. The molecule has 0 aliphatic rings. The van der Waals surface area contributed by atoms with E-state index in [0.717, 1.165) is 16.6 Å². The van der Waals surface area contributed by atoms with E-state index in [-0.39, 0.29) is 23.7 Å². The first-order valence-electron chi connectivity index (χ1n) is 9.85. The molecule has 7 nitrogen and oxygen atoms in total. The summed E-state index contributed by atoms with van der Waals surface area (Å²) >= 11 is 1.32. The van der Waals surface area contributed by atoms with Crippen LogP contribution in [0.1, 0.15) is 41.2 Å². The molecule has 2 amide bonds. The Balaban J connectivity index is 1.47. The molecule has 2 heterocycles. The number of nitrogens with zero attached hydrogens (tertiary/aromatic N) is 1. The third kappa shape index (κ3) is 4.92. The summed E-state index contributed by atoms with van der Waals surface area (Å²) in [5.41, 5.74) is 1.87. The second-order valence-electron chi connectivity index (χ2n) is 6.95. The minimum atomic E-state index is -0.364. The normalized spacial score (nSPS) is 11.8. The number of benzene rings is 2. The number of hydrogen-bond donors (Lipinski definition) is 2. The van der Waals surface area contributed by atoms with Gasteiger partial charge in [0.15, 0.2) is 10.9 Å². The number of anilines is 2. The summed E-state index contributed by atoms with van der Waals surface area (Å²) in [4.78, 5) is 29.2. The van der Waals surface area contributed by atoms with Gasteiger partial charge in [0.05, 0.1) is 22.6 Å². The average Bonchev–Trinajstić information content (AvgIpc) is 3.43. The second kappa shape index (κ2) is 9.01. The molecule has 2 aromatic heterocycles. The van der Waals surface area contributed by atoms with Crippen LogP contribution in [0.15, 0.2) is 65.3 Å². The predicted molar refractivity (Wildman–Crippen MR) is 121 cm³/mol. The van der Waals surface area contributed by atoms with Gasteiger partial charge >= 0.3 is 0 Å². The van der Waals surface area contributed by atoms with Gasteiger partial charge in [0.2, 0.25) is 0 Å². The molecule has 31 heavy (non-hydrogen) atoms. The summed E-state index contributed by atoms with van der Waals surface area (Å²) in [5, 5.41) is 6.07. The molecule has 0 fully saturated rings. The summed E-state index contributed by atoms with van der Waals surface area (Å²) in [7, 11) is 0. The number of nitrogens with one attached hydrogen (secondary N) is 2. The number of amides is 2. The zero-order valence-corrected chi connectivity index (χ0v) is 17.9. The van der Waals surface area contributed by atoms with Crippen molar-refractivity contribution in [2.45, 2.75) is 26.4 Å². The first-order chi connectivity index (χ1) is 15.0. The maximum absolute atomic E-state index is 12.7. The fourth-order valence-corrected chi connectivity index (χ4v) is 3.75. The Bertz CT molecular complexity index is 1220. The van der Waals surface area contributed by atoms with Crippen LogP contribution in [-0.4, -0.2) is 22.9 Å². The van der Waals surface area contributed by atoms with Gasteiger partial charge in [-0.1, -0.05) is 24.3 Å². The van der Waals surface area contributed by atoms with Crippen LogP contribution in [0.2, 0.25) is 0 Å². The number of carbonyl (C=O) groups is 2. The van der Waals surface area contributed by atoms with E-state index in [1.807, 2.05) is 26.0 Å². The van der Waals surface area contributed by atoms with E-state index in [9.17, 15) is 9.59 Å². The highest BCUT2D eigenvalue weighted by Crippen LogP contribution is 2.29. The lowest BCUT2D eigenvalue weighted by atomic mass is 10.2. The molecule has 4 rings (SSSR count). The summed E-state index contributed by atoms with van der Waals surface area (Å²) in [5.74, 6) is 0.283. The zero-order chi connectivity index (χ0) is 21.8. The Morgan fingerprint density at radius 1 is 1.10 bits per heavy atom. The number of hydrogen-bond acceptors (Lipinski definition) is 6. The molecule has 8 heteroatoms. The van der Waals surface area contributed by atoms with Crippen LogP contribution >= 0.6 is 11.3 Å². The second-order valence-corrected chi connectivity index (χ2v) is 7.98. The highest BCUT2D eigenvalue weighted by atomic mass is 32.1. The van der Waals surface area contributed by atoms with Gasteiger partial charge < -0.3 is 14.5 Å². The summed E-state index contributed by atoms with van der Waals surface area (Å²) in [6.07, 6.45) is 2.40. The molecule has 0 unspecified atom stereocenters. The molecule has 0 aliphatic carbocycles. The first kappa shape index (κ1) is 20.6. The lowest BCUT2D eigenvalue weighted by Gasteiger charge is -2.13. The third-order valence-electron chi connectivity index (χ3n) is 4.62. The number of aromatic nitrogens is 1. The van der Waals surface area contributed by atoms with Crippen molar-refractivity contribution in [2.24, 2.45) is 0 Å². The van der Waals surface area contributed by atoms with Crippen molar-refractivity contribution >= 4 is 44.2 Å². The summed E-state index contributed by atoms with van der Waals surface area (Å²) in [6, 6.07) is 15.7. The van der Waals surface area contributed by atoms with Gasteiger partial charge in [-0.3, -0.25) is 14.9 Å². The van der Waals surface area contributed by atoms with Crippen LogP contribution in [0.3, 0.4) is 0 Å². The number of ether oxygens (including phenoxy) is 1. The van der Waals surface area contributed by atoms with E-state index in [1.54, 1.807) is 42.5 Å². The van der Waals surface area contributed by atoms with E-state index in [2.05, 4.69) is 15.6 Å². The standard InChI is InChI=1S/C23H21N3O4S/c1-3-14(2)30-17-7-4-6-15(12-17)21(27)24-16-9-10-18-20(13-16)31-23(25-18)26-22(28)19-8-5-11-29-19/h4-14H,3H2,1-2H3,(H,24,27)(H,25,26,28)/t14-/m0/s1. The predicted octanol–water partition coefficient (Wildman–Crippen LogP) is 5.57. The van der Waals surface area contributed by atoms with Crippen LogP contribution in [0.5, 0.6) is 5.75 Å². The SMILES string of the molecule is CC[C@H](C)Oc1cccc(C(=O)Nc2ccc3nc(NC(=O)c4ccco4)sc3c2)c1. The number of carbonyl (C=O) groups excluding carboxylic acids is 2. The highest BCUT2D eigenvalue weighted by molar-refractivity contribution is 7.22. The van der Waals surface area contributed by atoms with Crippen molar-refractivity contribution in [2.75, 3.05) is 10.6 Å². The molecule has 1 atom stereocenters. The quantitative estimate of drug-likeness (QED) is 0.396. The molecule has 0 radical (unpaired) electrons. The maximum atomic E-state index is 12.7. The van der Waals surface area contributed by atoms with Crippen molar-refractivity contribution in [3.63, 3.8) is 0 Å². The highest BCUT2D eigenvalue weighted by Gasteiger charge is 2.13. The van der Waals surface area contributed by atoms with Crippen molar-refractivity contribution in [1.82, 2.24) is 4.98 Å². The fraction of sp³-hybridized carbons (Fsp3) is 0.174. The molecule has 0 saturated carbocycles. The van der Waals surface area contributed by atoms with Crippen molar-refractivity contribution in [1.29, 1.82) is 0 Å². The smallest absolute Gasteiger partial charge is 0.293 e. The van der Waals surface area contributed by atoms with Gasteiger partial charge in [-0.25, -0.2) is 4.98 Å². The maximum Gasteiger partial charge on any atom is 0.293 e. The van der Waals surface area contributed by atoms with Gasteiger partial charge in [0.25, 0.3) is 11.8 Å². The number of fused-ring (bicyclic) bond motifs is 1. The van der Waals surface area contributed by atoms with Gasteiger partial charge in [0, 0.05) is 11.3 Å². The minimum absolute atomic E-state index is 0.0783. The molecular formula is C23H21N3O4S. The fourth-order valence-electron chi connectivity index (χ4n) is 2.85. The molecule has 4 aromatic rings. The summed E-state index contributed by atoms with van der Waals surface area (Å²) in [6.45, 7) is 4.03. The van der Waals surface area contributed by atoms with E-state index in [0.29, 0.717) is 22.1 Å². The molecule has 2 N–H and O–H groups in total. The molecule has 0 saturated heterocycles. The Morgan fingerprint density at radius 3 is 2.74 bits per heavy atom. The van der Waals surface area contributed by atoms with E-state index < -0.39 is 0 Å².